The first kappa shape index (κ1) is 18.5. The van der Waals surface area contributed by atoms with Crippen LogP contribution in [-0.2, 0) is 9.53 Å². The molecule has 0 saturated carbocycles. The molecule has 3 rings (SSSR count). The number of nitrogens with zero attached hydrogens (tertiary/aromatic N) is 4. The van der Waals surface area contributed by atoms with E-state index in [-0.39, 0.29) is 12.0 Å². The number of hydrogen-bond donors (Lipinski definition) is 1. The maximum absolute atomic E-state index is 12.5. The van der Waals surface area contributed by atoms with E-state index in [4.69, 9.17) is 9.73 Å². The summed E-state index contributed by atoms with van der Waals surface area (Å²) in [6.45, 7) is 10.1. The first-order chi connectivity index (χ1) is 12.2. The van der Waals surface area contributed by atoms with Crippen molar-refractivity contribution in [2.45, 2.75) is 32.3 Å². The number of likely N-dealkylation sites (tertiary alicyclic amines) is 1. The lowest BCUT2D eigenvalue weighted by Crippen LogP contribution is -2.55. The van der Waals surface area contributed by atoms with Crippen LogP contribution in [0.15, 0.2) is 4.99 Å². The van der Waals surface area contributed by atoms with Crippen LogP contribution in [0.5, 0.6) is 0 Å². The summed E-state index contributed by atoms with van der Waals surface area (Å²) in [7, 11) is 2.18. The summed E-state index contributed by atoms with van der Waals surface area (Å²) in [5, 5.41) is 3.42. The summed E-state index contributed by atoms with van der Waals surface area (Å²) in [6.07, 6.45) is 2.92. The predicted octanol–water partition coefficient (Wildman–Crippen LogP) is 0.227. The van der Waals surface area contributed by atoms with Crippen LogP contribution in [0.2, 0.25) is 0 Å². The Labute approximate surface area is 151 Å². The van der Waals surface area contributed by atoms with Gasteiger partial charge in [0.25, 0.3) is 5.91 Å². The van der Waals surface area contributed by atoms with Crippen LogP contribution in [0.3, 0.4) is 0 Å². The molecule has 0 aromatic heterocycles. The quantitative estimate of drug-likeness (QED) is 0.580. The van der Waals surface area contributed by atoms with Crippen molar-refractivity contribution < 1.29 is 9.53 Å². The van der Waals surface area contributed by atoms with E-state index in [1.165, 1.54) is 13.0 Å². The van der Waals surface area contributed by atoms with E-state index in [0.29, 0.717) is 5.92 Å². The van der Waals surface area contributed by atoms with Crippen molar-refractivity contribution in [1.82, 2.24) is 20.0 Å². The molecule has 2 atom stereocenters. The fraction of sp³-hybridized carbons (Fsp3) is 0.889. The topological polar surface area (TPSA) is 60.4 Å². The number of hydrogen-bond acceptors (Lipinski definition) is 4. The Morgan fingerprint density at radius 3 is 2.52 bits per heavy atom. The minimum absolute atomic E-state index is 0.174. The summed E-state index contributed by atoms with van der Waals surface area (Å²) >= 11 is 0. The van der Waals surface area contributed by atoms with Gasteiger partial charge in [-0.3, -0.25) is 9.79 Å². The number of aliphatic imine (C=N–C) groups is 1. The molecule has 3 aliphatic rings. The summed E-state index contributed by atoms with van der Waals surface area (Å²) in [5.74, 6) is 1.84. The van der Waals surface area contributed by atoms with Crippen LogP contribution in [0, 0.1) is 5.92 Å². The predicted molar refractivity (Wildman–Crippen MR) is 98.7 cm³/mol. The van der Waals surface area contributed by atoms with Gasteiger partial charge in [-0.05, 0) is 45.7 Å². The van der Waals surface area contributed by atoms with Crippen molar-refractivity contribution in [3.8, 4) is 0 Å². The Hall–Kier alpha value is -1.34. The van der Waals surface area contributed by atoms with Gasteiger partial charge in [0, 0.05) is 52.4 Å². The first-order valence-corrected chi connectivity index (χ1v) is 9.79. The molecule has 1 amide bonds. The fourth-order valence-electron chi connectivity index (χ4n) is 3.93. The molecule has 0 aliphatic carbocycles. The van der Waals surface area contributed by atoms with Gasteiger partial charge in [0.05, 0.1) is 0 Å². The number of guanidine groups is 1. The average molecular weight is 351 g/mol. The van der Waals surface area contributed by atoms with Crippen molar-refractivity contribution in [3.05, 3.63) is 0 Å². The monoisotopic (exact) mass is 351 g/mol. The summed E-state index contributed by atoms with van der Waals surface area (Å²) < 4.78 is 5.54. The van der Waals surface area contributed by atoms with Crippen LogP contribution in [0.4, 0.5) is 0 Å². The van der Waals surface area contributed by atoms with Gasteiger partial charge in [0.2, 0.25) is 0 Å². The molecule has 0 spiro atoms. The van der Waals surface area contributed by atoms with Crippen LogP contribution >= 0.6 is 0 Å². The number of nitrogens with one attached hydrogen (secondary N) is 1. The Morgan fingerprint density at radius 2 is 1.92 bits per heavy atom. The molecule has 3 saturated heterocycles. The highest BCUT2D eigenvalue weighted by Gasteiger charge is 2.31. The van der Waals surface area contributed by atoms with Gasteiger partial charge in [0.1, 0.15) is 6.10 Å². The van der Waals surface area contributed by atoms with Gasteiger partial charge < -0.3 is 24.8 Å². The van der Waals surface area contributed by atoms with Gasteiger partial charge in [-0.1, -0.05) is 0 Å². The minimum Gasteiger partial charge on any atom is -0.368 e. The second kappa shape index (κ2) is 8.85. The molecule has 3 fully saturated rings. The first-order valence-electron chi connectivity index (χ1n) is 9.79. The lowest BCUT2D eigenvalue weighted by atomic mass is 10.1. The largest absolute Gasteiger partial charge is 0.368 e. The fourth-order valence-corrected chi connectivity index (χ4v) is 3.93. The molecule has 0 aromatic rings. The minimum atomic E-state index is -0.201. The zero-order chi connectivity index (χ0) is 17.6. The number of carbonyl (C=O) groups is 1. The molecule has 25 heavy (non-hydrogen) atoms. The molecule has 3 heterocycles. The van der Waals surface area contributed by atoms with E-state index in [0.717, 1.165) is 71.2 Å². The molecule has 1 N–H and O–H groups in total. The van der Waals surface area contributed by atoms with Gasteiger partial charge in [0.15, 0.2) is 5.96 Å². The molecular weight excluding hydrogens is 318 g/mol. The number of amides is 1. The highest BCUT2D eigenvalue weighted by Crippen LogP contribution is 2.17. The Bertz CT molecular complexity index is 470. The van der Waals surface area contributed by atoms with Crippen LogP contribution < -0.4 is 5.32 Å². The van der Waals surface area contributed by atoms with E-state index in [1.54, 1.807) is 0 Å². The maximum Gasteiger partial charge on any atom is 0.251 e. The Balaban J connectivity index is 1.50. The standard InChI is InChI=1S/C18H33N5O2/c1-3-19-18(20-13-15-6-7-21(2)14-15)23-10-8-22(9-11-23)17(24)16-5-4-12-25-16/h15-16H,3-14H2,1-2H3,(H,19,20). The van der Waals surface area contributed by atoms with Crippen molar-refractivity contribution in [2.75, 3.05) is 66.0 Å². The highest BCUT2D eigenvalue weighted by molar-refractivity contribution is 5.82. The zero-order valence-electron chi connectivity index (χ0n) is 15.7. The van der Waals surface area contributed by atoms with Crippen molar-refractivity contribution in [1.29, 1.82) is 0 Å². The van der Waals surface area contributed by atoms with E-state index in [1.807, 2.05) is 4.90 Å². The normalized spacial score (nSPS) is 28.6. The van der Waals surface area contributed by atoms with Crippen molar-refractivity contribution in [3.63, 3.8) is 0 Å². The van der Waals surface area contributed by atoms with Crippen LogP contribution in [0.25, 0.3) is 0 Å². The van der Waals surface area contributed by atoms with Gasteiger partial charge in [-0.25, -0.2) is 0 Å². The smallest absolute Gasteiger partial charge is 0.251 e. The molecule has 0 aromatic carbocycles. The third-order valence-electron chi connectivity index (χ3n) is 5.42. The molecule has 0 bridgehead atoms. The van der Waals surface area contributed by atoms with Gasteiger partial charge >= 0.3 is 0 Å². The Kier molecular flexibility index (Phi) is 6.53. The highest BCUT2D eigenvalue weighted by atomic mass is 16.5. The maximum atomic E-state index is 12.5. The lowest BCUT2D eigenvalue weighted by molar-refractivity contribution is -0.142. The third kappa shape index (κ3) is 4.85. The van der Waals surface area contributed by atoms with E-state index in [9.17, 15) is 4.79 Å². The number of piperazine rings is 1. The Morgan fingerprint density at radius 1 is 1.16 bits per heavy atom. The lowest BCUT2D eigenvalue weighted by Gasteiger charge is -2.37. The molecule has 0 radical (unpaired) electrons. The molecule has 7 nitrogen and oxygen atoms in total. The average Bonchev–Trinajstić information content (AvgIpc) is 3.30. The van der Waals surface area contributed by atoms with E-state index >= 15 is 0 Å². The molecule has 7 heteroatoms. The molecule has 3 aliphatic heterocycles. The second-order valence-electron chi connectivity index (χ2n) is 7.43. The van der Waals surface area contributed by atoms with Crippen LogP contribution in [0.1, 0.15) is 26.2 Å². The summed E-state index contributed by atoms with van der Waals surface area (Å²) in [5.41, 5.74) is 0. The van der Waals surface area contributed by atoms with Gasteiger partial charge in [-0.2, -0.15) is 0 Å². The summed E-state index contributed by atoms with van der Waals surface area (Å²) in [4.78, 5) is 24.0. The second-order valence-corrected chi connectivity index (χ2v) is 7.43. The number of ether oxygens (including phenoxy) is 1. The SMILES string of the molecule is CCNC(=NCC1CCN(C)C1)N1CCN(C(=O)C2CCCO2)CC1. The van der Waals surface area contributed by atoms with E-state index < -0.39 is 0 Å². The molecule has 2 unspecified atom stereocenters. The van der Waals surface area contributed by atoms with Crippen LogP contribution in [-0.4, -0.2) is 98.7 Å². The number of rotatable bonds is 4. The number of carbonyl (C=O) groups excluding carboxylic acids is 1. The zero-order valence-corrected chi connectivity index (χ0v) is 15.7. The van der Waals surface area contributed by atoms with Crippen molar-refractivity contribution >= 4 is 11.9 Å². The third-order valence-corrected chi connectivity index (χ3v) is 5.42. The molecule has 142 valence electrons. The molecular formula is C18H33N5O2. The van der Waals surface area contributed by atoms with Crippen molar-refractivity contribution in [2.24, 2.45) is 10.9 Å². The van der Waals surface area contributed by atoms with E-state index in [2.05, 4.69) is 29.1 Å². The summed E-state index contributed by atoms with van der Waals surface area (Å²) in [6, 6.07) is 0. The van der Waals surface area contributed by atoms with Gasteiger partial charge in [-0.15, -0.1) is 0 Å².